The van der Waals surface area contributed by atoms with Crippen molar-refractivity contribution in [3.8, 4) is 0 Å². The van der Waals surface area contributed by atoms with E-state index in [-0.39, 0.29) is 36.3 Å². The van der Waals surface area contributed by atoms with Crippen LogP contribution in [0.3, 0.4) is 0 Å². The Balaban J connectivity index is 0.00000240. The third-order valence-corrected chi connectivity index (χ3v) is 5.37. The van der Waals surface area contributed by atoms with Crippen molar-refractivity contribution in [1.82, 2.24) is 19.7 Å². The van der Waals surface area contributed by atoms with E-state index < -0.39 is 0 Å². The normalized spacial score (nSPS) is 10.5. The minimum Gasteiger partial charge on any atom is -0.338 e. The summed E-state index contributed by atoms with van der Waals surface area (Å²) in [5.74, 6) is 0.0863. The Morgan fingerprint density at radius 2 is 1.87 bits per heavy atom. The number of carbonyl (C=O) groups excluding carboxylic acids is 1. The number of nitrogens with one attached hydrogen (secondary N) is 1. The van der Waals surface area contributed by atoms with Crippen LogP contribution in [0.25, 0.3) is 11.0 Å². The highest BCUT2D eigenvalue weighted by Crippen LogP contribution is 2.21. The van der Waals surface area contributed by atoms with Crippen LogP contribution in [-0.4, -0.2) is 38.7 Å². The van der Waals surface area contributed by atoms with E-state index in [1.165, 1.54) is 0 Å². The Morgan fingerprint density at radius 1 is 1.19 bits per heavy atom. The van der Waals surface area contributed by atoms with Gasteiger partial charge in [0.2, 0.25) is 5.91 Å². The fourth-order valence-electron chi connectivity index (χ4n) is 3.78. The number of nitrogens with two attached hydrogens (primary N) is 1. The summed E-state index contributed by atoms with van der Waals surface area (Å²) in [6, 6.07) is 9.97. The number of carbonyl (C=O) groups is 1. The van der Waals surface area contributed by atoms with Crippen LogP contribution in [0, 0.1) is 13.8 Å². The number of rotatable bonds is 8. The van der Waals surface area contributed by atoms with Crippen molar-refractivity contribution in [3.63, 3.8) is 0 Å². The Bertz CT molecular complexity index is 1060. The van der Waals surface area contributed by atoms with Gasteiger partial charge in [-0.15, -0.1) is 24.8 Å². The van der Waals surface area contributed by atoms with E-state index in [4.69, 9.17) is 5.73 Å². The van der Waals surface area contributed by atoms with E-state index in [0.717, 1.165) is 28.8 Å². The molecule has 0 aliphatic rings. The number of amides is 1. The average molecular weight is 468 g/mol. The van der Waals surface area contributed by atoms with Gasteiger partial charge in [-0.05, 0) is 49.9 Å². The van der Waals surface area contributed by atoms with Crippen molar-refractivity contribution in [3.05, 3.63) is 63.1 Å². The molecule has 0 radical (unpaired) electrons. The number of benzene rings is 1. The molecule has 2 heterocycles. The van der Waals surface area contributed by atoms with E-state index in [9.17, 15) is 9.59 Å². The number of fused-ring (bicyclic) bond motifs is 1. The van der Waals surface area contributed by atoms with Crippen LogP contribution < -0.4 is 11.3 Å². The second-order valence-electron chi connectivity index (χ2n) is 7.44. The van der Waals surface area contributed by atoms with Crippen LogP contribution in [0.4, 0.5) is 0 Å². The molecule has 1 amide bonds. The molecule has 0 aliphatic heterocycles. The summed E-state index contributed by atoms with van der Waals surface area (Å²) in [6.07, 6.45) is 1.70. The van der Waals surface area contributed by atoms with Gasteiger partial charge in [0.1, 0.15) is 0 Å². The first-order chi connectivity index (χ1) is 13.9. The monoisotopic (exact) mass is 467 g/mol. The molecule has 0 saturated carbocycles. The third-order valence-electron chi connectivity index (χ3n) is 5.37. The number of aromatic amines is 1. The van der Waals surface area contributed by atoms with Gasteiger partial charge in [-0.2, -0.15) is 0 Å². The number of H-pyrrole nitrogens is 1. The number of hydrogen-bond donors (Lipinski definition) is 2. The molecule has 170 valence electrons. The predicted octanol–water partition coefficient (Wildman–Crippen LogP) is 3.03. The van der Waals surface area contributed by atoms with Crippen molar-refractivity contribution in [2.45, 2.75) is 39.7 Å². The molecule has 0 aliphatic carbocycles. The molecular formula is C22H31Cl2N5O2. The van der Waals surface area contributed by atoms with E-state index in [1.807, 2.05) is 49.1 Å². The van der Waals surface area contributed by atoms with E-state index in [2.05, 4.69) is 10.1 Å². The number of pyridine rings is 1. The fraction of sp³-hybridized carbons (Fsp3) is 0.409. The molecular weight excluding hydrogens is 437 g/mol. The number of aromatic nitrogens is 3. The molecule has 2 aromatic heterocycles. The van der Waals surface area contributed by atoms with Gasteiger partial charge in [-0.3, -0.25) is 19.4 Å². The summed E-state index contributed by atoms with van der Waals surface area (Å²) in [7, 11) is 1.78. The molecule has 0 spiro atoms. The van der Waals surface area contributed by atoms with Crippen molar-refractivity contribution in [2.24, 2.45) is 12.8 Å². The molecule has 0 saturated heterocycles. The molecule has 31 heavy (non-hydrogen) atoms. The highest BCUT2D eigenvalue weighted by molar-refractivity contribution is 5.85. The second-order valence-corrected chi connectivity index (χ2v) is 7.44. The lowest BCUT2D eigenvalue weighted by molar-refractivity contribution is -0.131. The first kappa shape index (κ1) is 26.7. The van der Waals surface area contributed by atoms with Gasteiger partial charge in [0.25, 0.3) is 5.56 Å². The van der Waals surface area contributed by atoms with Crippen LogP contribution in [0.2, 0.25) is 0 Å². The Morgan fingerprint density at radius 3 is 2.52 bits per heavy atom. The van der Waals surface area contributed by atoms with Gasteiger partial charge >= 0.3 is 0 Å². The summed E-state index contributed by atoms with van der Waals surface area (Å²) in [6.45, 7) is 5.63. The maximum absolute atomic E-state index is 13.0. The van der Waals surface area contributed by atoms with Gasteiger partial charge in [0.05, 0.1) is 5.39 Å². The number of hydrogen-bond acceptors (Lipinski definition) is 4. The molecule has 1 aromatic carbocycles. The molecule has 0 bridgehead atoms. The molecule has 3 aromatic rings. The van der Waals surface area contributed by atoms with Crippen LogP contribution in [-0.2, 0) is 24.8 Å². The maximum Gasteiger partial charge on any atom is 0.273 e. The summed E-state index contributed by atoms with van der Waals surface area (Å²) in [5.41, 5.74) is 10.00. The molecule has 9 heteroatoms. The van der Waals surface area contributed by atoms with Crippen LogP contribution in [0.15, 0.2) is 35.1 Å². The van der Waals surface area contributed by atoms with Crippen LogP contribution in [0.1, 0.15) is 35.2 Å². The largest absolute Gasteiger partial charge is 0.338 e. The zero-order chi connectivity index (χ0) is 21.0. The lowest BCUT2D eigenvalue weighted by atomic mass is 10.00. The first-order valence-electron chi connectivity index (χ1n) is 9.99. The van der Waals surface area contributed by atoms with Gasteiger partial charge in [0, 0.05) is 32.3 Å². The average Bonchev–Trinajstić information content (AvgIpc) is 2.98. The number of halogens is 2. The zero-order valence-electron chi connectivity index (χ0n) is 18.2. The van der Waals surface area contributed by atoms with Crippen molar-refractivity contribution >= 4 is 41.8 Å². The fourth-order valence-corrected chi connectivity index (χ4v) is 3.78. The standard InChI is InChI=1S/C22H29N5O2.2ClH/c1-15-18(16(2)24-21-20(15)22(29)25-26(21)3)10-11-19(28)27(13-7-12-23)14-17-8-5-4-6-9-17;;/h4-6,8-9H,7,10-14,23H2,1-3H3,(H,25,29);2*1H. The van der Waals surface area contributed by atoms with Crippen LogP contribution in [0.5, 0.6) is 0 Å². The Labute approximate surface area is 194 Å². The zero-order valence-corrected chi connectivity index (χ0v) is 19.8. The summed E-state index contributed by atoms with van der Waals surface area (Å²) in [4.78, 5) is 31.7. The predicted molar refractivity (Wildman–Crippen MR) is 129 cm³/mol. The SMILES string of the molecule is Cc1nc2c(c(C)c1CCC(=O)N(CCCN)Cc1ccccc1)c(=O)[nH]n2C.Cl.Cl. The minimum atomic E-state index is -0.145. The van der Waals surface area contributed by atoms with Gasteiger partial charge in [-0.25, -0.2) is 4.98 Å². The van der Waals surface area contributed by atoms with E-state index in [0.29, 0.717) is 43.5 Å². The Hall–Kier alpha value is -2.35. The highest BCUT2D eigenvalue weighted by atomic mass is 35.5. The molecule has 7 nitrogen and oxygen atoms in total. The summed E-state index contributed by atoms with van der Waals surface area (Å²) >= 11 is 0. The van der Waals surface area contributed by atoms with E-state index >= 15 is 0 Å². The molecule has 0 unspecified atom stereocenters. The molecule has 3 rings (SSSR count). The maximum atomic E-state index is 13.0. The van der Waals surface area contributed by atoms with Crippen LogP contribution >= 0.6 is 24.8 Å². The third kappa shape index (κ3) is 6.09. The number of aryl methyl sites for hydroxylation is 3. The minimum absolute atomic E-state index is 0. The topological polar surface area (TPSA) is 97.0 Å². The smallest absolute Gasteiger partial charge is 0.273 e. The van der Waals surface area contributed by atoms with Gasteiger partial charge < -0.3 is 10.6 Å². The van der Waals surface area contributed by atoms with Crippen molar-refractivity contribution in [2.75, 3.05) is 13.1 Å². The quantitative estimate of drug-likeness (QED) is 0.531. The Kier molecular flexibility index (Phi) is 10.2. The number of nitrogens with zero attached hydrogens (tertiary/aromatic N) is 3. The molecule has 0 atom stereocenters. The van der Waals surface area contributed by atoms with Gasteiger partial charge in [-0.1, -0.05) is 30.3 Å². The lowest BCUT2D eigenvalue weighted by Crippen LogP contribution is -2.32. The van der Waals surface area contributed by atoms with E-state index in [1.54, 1.807) is 11.7 Å². The summed E-state index contributed by atoms with van der Waals surface area (Å²) in [5, 5.41) is 3.36. The molecule has 3 N–H and O–H groups in total. The van der Waals surface area contributed by atoms with Gasteiger partial charge in [0.15, 0.2) is 5.65 Å². The summed E-state index contributed by atoms with van der Waals surface area (Å²) < 4.78 is 1.64. The second kappa shape index (κ2) is 11.9. The molecule has 0 fully saturated rings. The first-order valence-corrected chi connectivity index (χ1v) is 9.99. The highest BCUT2D eigenvalue weighted by Gasteiger charge is 2.18. The lowest BCUT2D eigenvalue weighted by Gasteiger charge is -2.23. The van der Waals surface area contributed by atoms with Crippen molar-refractivity contribution in [1.29, 1.82) is 0 Å². The van der Waals surface area contributed by atoms with Crippen molar-refractivity contribution < 1.29 is 4.79 Å².